The van der Waals surface area contributed by atoms with Gasteiger partial charge >= 0.3 is 0 Å². The van der Waals surface area contributed by atoms with E-state index in [1.807, 2.05) is 0 Å². The Hall–Kier alpha value is -1.84. The second-order valence-electron chi connectivity index (χ2n) is 5.23. The van der Waals surface area contributed by atoms with Gasteiger partial charge in [0.05, 0.1) is 0 Å². The molecule has 2 N–H and O–H groups in total. The fourth-order valence-corrected chi connectivity index (χ4v) is 4.89. The van der Waals surface area contributed by atoms with Gasteiger partial charge < -0.3 is 10.3 Å². The number of amides is 1. The first-order chi connectivity index (χ1) is 11.5. The summed E-state index contributed by atoms with van der Waals surface area (Å²) < 4.78 is 39.4. The van der Waals surface area contributed by atoms with Gasteiger partial charge in [0, 0.05) is 36.5 Å². The standard InChI is InChI=1S/C15H16FN3O3S2/c16-11-1-3-12(4-2-11)18-15(20)14-9-13(10-17-14)24(21,22)19-5-7-23-8-6-19/h1-4,9-10,17H,5-8H2,(H,18,20). The molecule has 24 heavy (non-hydrogen) atoms. The van der Waals surface area contributed by atoms with Crippen LogP contribution in [0.1, 0.15) is 10.5 Å². The van der Waals surface area contributed by atoms with E-state index in [4.69, 9.17) is 0 Å². The van der Waals surface area contributed by atoms with Gasteiger partial charge in [0.1, 0.15) is 16.4 Å². The van der Waals surface area contributed by atoms with Crippen LogP contribution in [-0.2, 0) is 10.0 Å². The summed E-state index contributed by atoms with van der Waals surface area (Å²) >= 11 is 1.72. The summed E-state index contributed by atoms with van der Waals surface area (Å²) in [5, 5.41) is 2.58. The Morgan fingerprint density at radius 3 is 2.54 bits per heavy atom. The van der Waals surface area contributed by atoms with E-state index in [1.54, 1.807) is 11.8 Å². The maximum absolute atomic E-state index is 12.9. The number of carbonyl (C=O) groups is 1. The fraction of sp³-hybridized carbons (Fsp3) is 0.267. The number of nitrogens with one attached hydrogen (secondary N) is 2. The number of hydrogen-bond acceptors (Lipinski definition) is 4. The van der Waals surface area contributed by atoms with Crippen LogP contribution in [0.25, 0.3) is 0 Å². The van der Waals surface area contributed by atoms with Crippen molar-refractivity contribution in [1.82, 2.24) is 9.29 Å². The lowest BCUT2D eigenvalue weighted by molar-refractivity contribution is 0.102. The van der Waals surface area contributed by atoms with Crippen LogP contribution in [0.15, 0.2) is 41.4 Å². The number of hydrogen-bond donors (Lipinski definition) is 2. The van der Waals surface area contributed by atoms with Crippen molar-refractivity contribution in [3.05, 3.63) is 48.0 Å². The number of rotatable bonds is 4. The minimum absolute atomic E-state index is 0.0682. The summed E-state index contributed by atoms with van der Waals surface area (Å²) in [6, 6.07) is 6.64. The van der Waals surface area contributed by atoms with E-state index in [0.29, 0.717) is 18.8 Å². The van der Waals surface area contributed by atoms with Crippen LogP contribution < -0.4 is 5.32 Å². The molecule has 0 aliphatic carbocycles. The number of sulfonamides is 1. The van der Waals surface area contributed by atoms with Crippen molar-refractivity contribution in [3.63, 3.8) is 0 Å². The van der Waals surface area contributed by atoms with E-state index in [9.17, 15) is 17.6 Å². The average molecular weight is 369 g/mol. The zero-order valence-electron chi connectivity index (χ0n) is 12.7. The zero-order chi connectivity index (χ0) is 17.2. The predicted molar refractivity (Wildman–Crippen MR) is 91.2 cm³/mol. The van der Waals surface area contributed by atoms with Crippen LogP contribution in [0.5, 0.6) is 0 Å². The molecule has 3 rings (SSSR count). The van der Waals surface area contributed by atoms with Crippen molar-refractivity contribution in [3.8, 4) is 0 Å². The van der Waals surface area contributed by atoms with Gasteiger partial charge in [-0.3, -0.25) is 4.79 Å². The summed E-state index contributed by atoms with van der Waals surface area (Å²) in [6.07, 6.45) is 1.32. The molecule has 2 aromatic rings. The maximum atomic E-state index is 12.9. The van der Waals surface area contributed by atoms with E-state index in [1.165, 1.54) is 40.8 Å². The van der Waals surface area contributed by atoms with Crippen molar-refractivity contribution in [2.45, 2.75) is 4.90 Å². The molecule has 1 aromatic carbocycles. The quantitative estimate of drug-likeness (QED) is 0.865. The molecular weight excluding hydrogens is 353 g/mol. The molecule has 0 saturated carbocycles. The van der Waals surface area contributed by atoms with Crippen LogP contribution in [0, 0.1) is 5.82 Å². The van der Waals surface area contributed by atoms with Gasteiger partial charge in [-0.1, -0.05) is 0 Å². The number of carbonyl (C=O) groups excluding carboxylic acids is 1. The first-order valence-electron chi connectivity index (χ1n) is 7.30. The highest BCUT2D eigenvalue weighted by Crippen LogP contribution is 2.21. The lowest BCUT2D eigenvalue weighted by Crippen LogP contribution is -2.37. The van der Waals surface area contributed by atoms with Gasteiger partial charge in [-0.2, -0.15) is 16.1 Å². The largest absolute Gasteiger partial charge is 0.356 e. The van der Waals surface area contributed by atoms with Gasteiger partial charge in [-0.05, 0) is 30.3 Å². The molecule has 9 heteroatoms. The van der Waals surface area contributed by atoms with Gasteiger partial charge in [0.15, 0.2) is 0 Å². The van der Waals surface area contributed by atoms with E-state index < -0.39 is 21.7 Å². The Bertz CT molecular complexity index is 828. The topological polar surface area (TPSA) is 82.3 Å². The molecule has 0 radical (unpaired) electrons. The molecule has 1 saturated heterocycles. The summed E-state index contributed by atoms with van der Waals surface area (Å²) in [5.41, 5.74) is 0.553. The summed E-state index contributed by atoms with van der Waals surface area (Å²) in [6.45, 7) is 0.935. The highest BCUT2D eigenvalue weighted by Gasteiger charge is 2.27. The lowest BCUT2D eigenvalue weighted by Gasteiger charge is -2.24. The Balaban J connectivity index is 1.74. The Labute approximate surface area is 143 Å². The molecule has 0 unspecified atom stereocenters. The molecule has 0 spiro atoms. The number of anilines is 1. The second-order valence-corrected chi connectivity index (χ2v) is 8.39. The Morgan fingerprint density at radius 2 is 1.88 bits per heavy atom. The smallest absolute Gasteiger partial charge is 0.272 e. The third-order valence-corrected chi connectivity index (χ3v) is 6.43. The van der Waals surface area contributed by atoms with E-state index in [2.05, 4.69) is 10.3 Å². The third kappa shape index (κ3) is 3.63. The molecule has 1 fully saturated rings. The highest BCUT2D eigenvalue weighted by molar-refractivity contribution is 7.99. The zero-order valence-corrected chi connectivity index (χ0v) is 14.3. The van der Waals surface area contributed by atoms with Crippen molar-refractivity contribution < 1.29 is 17.6 Å². The molecule has 6 nitrogen and oxygen atoms in total. The highest BCUT2D eigenvalue weighted by atomic mass is 32.2. The molecule has 1 aliphatic heterocycles. The molecule has 2 heterocycles. The molecule has 0 bridgehead atoms. The van der Waals surface area contributed by atoms with Crippen LogP contribution >= 0.6 is 11.8 Å². The van der Waals surface area contributed by atoms with Gasteiger partial charge in [0.25, 0.3) is 5.91 Å². The number of H-pyrrole nitrogens is 1. The predicted octanol–water partition coefficient (Wildman–Crippen LogP) is 2.14. The van der Waals surface area contributed by atoms with Gasteiger partial charge in [-0.25, -0.2) is 12.8 Å². The Morgan fingerprint density at radius 1 is 1.21 bits per heavy atom. The Kier molecular flexibility index (Phi) is 4.93. The monoisotopic (exact) mass is 369 g/mol. The number of thioether (sulfide) groups is 1. The molecule has 1 aromatic heterocycles. The van der Waals surface area contributed by atoms with E-state index in [-0.39, 0.29) is 10.6 Å². The van der Waals surface area contributed by atoms with Crippen molar-refractivity contribution in [2.75, 3.05) is 29.9 Å². The van der Waals surface area contributed by atoms with Crippen LogP contribution in [-0.4, -0.2) is 48.2 Å². The lowest BCUT2D eigenvalue weighted by atomic mass is 10.3. The summed E-state index contributed by atoms with van der Waals surface area (Å²) in [4.78, 5) is 14.9. The average Bonchev–Trinajstić information content (AvgIpc) is 3.09. The second kappa shape index (κ2) is 6.96. The molecule has 0 atom stereocenters. The van der Waals surface area contributed by atoms with Gasteiger partial charge in [0.2, 0.25) is 10.0 Å². The normalized spacial score (nSPS) is 16.0. The maximum Gasteiger partial charge on any atom is 0.272 e. The van der Waals surface area contributed by atoms with Crippen LogP contribution in [0.4, 0.5) is 10.1 Å². The first-order valence-corrected chi connectivity index (χ1v) is 9.89. The molecular formula is C15H16FN3O3S2. The van der Waals surface area contributed by atoms with Crippen LogP contribution in [0.3, 0.4) is 0 Å². The number of nitrogens with zero attached hydrogens (tertiary/aromatic N) is 1. The third-order valence-electron chi connectivity index (χ3n) is 3.61. The van der Waals surface area contributed by atoms with E-state index in [0.717, 1.165) is 11.5 Å². The molecule has 1 aliphatic rings. The first kappa shape index (κ1) is 17.0. The number of aromatic nitrogens is 1. The van der Waals surface area contributed by atoms with Crippen molar-refractivity contribution in [2.24, 2.45) is 0 Å². The van der Waals surface area contributed by atoms with Crippen molar-refractivity contribution >= 4 is 33.4 Å². The van der Waals surface area contributed by atoms with Gasteiger partial charge in [-0.15, -0.1) is 0 Å². The van der Waals surface area contributed by atoms with E-state index >= 15 is 0 Å². The molecule has 128 valence electrons. The number of aromatic amines is 1. The number of halogens is 1. The fourth-order valence-electron chi connectivity index (χ4n) is 2.32. The minimum atomic E-state index is -3.59. The van der Waals surface area contributed by atoms with Crippen molar-refractivity contribution in [1.29, 1.82) is 0 Å². The summed E-state index contributed by atoms with van der Waals surface area (Å²) in [7, 11) is -3.59. The summed E-state index contributed by atoms with van der Waals surface area (Å²) in [5.74, 6) is 0.640. The number of benzene rings is 1. The minimum Gasteiger partial charge on any atom is -0.356 e. The van der Waals surface area contributed by atoms with Crippen LogP contribution in [0.2, 0.25) is 0 Å². The SMILES string of the molecule is O=C(Nc1ccc(F)cc1)c1cc(S(=O)(=O)N2CCSCC2)c[nH]1. The molecule has 1 amide bonds.